The van der Waals surface area contributed by atoms with E-state index in [1.807, 2.05) is 19.1 Å². The molecule has 1 unspecified atom stereocenters. The predicted octanol–water partition coefficient (Wildman–Crippen LogP) is 4.29. The Bertz CT molecular complexity index is 367. The molecule has 1 aromatic rings. The SMILES string of the molecule is CCCC(C)(C#N)SCc1ccc(S)cc1. The minimum absolute atomic E-state index is 0.256. The summed E-state index contributed by atoms with van der Waals surface area (Å²) in [7, 11) is 0. The van der Waals surface area contributed by atoms with E-state index in [4.69, 9.17) is 5.26 Å². The minimum Gasteiger partial charge on any atom is -0.197 e. The number of thiol groups is 1. The summed E-state index contributed by atoms with van der Waals surface area (Å²) in [6.07, 6.45) is 1.99. The number of nitrogens with zero attached hydrogens (tertiary/aromatic N) is 1. The van der Waals surface area contributed by atoms with Gasteiger partial charge in [0.25, 0.3) is 0 Å². The van der Waals surface area contributed by atoms with Crippen LogP contribution >= 0.6 is 24.4 Å². The summed E-state index contributed by atoms with van der Waals surface area (Å²) < 4.78 is -0.256. The third-order valence-corrected chi connectivity index (χ3v) is 4.17. The van der Waals surface area contributed by atoms with E-state index < -0.39 is 0 Å². The van der Waals surface area contributed by atoms with Crippen LogP contribution in [-0.2, 0) is 5.75 Å². The van der Waals surface area contributed by atoms with E-state index in [1.54, 1.807) is 11.8 Å². The van der Waals surface area contributed by atoms with Crippen LogP contribution < -0.4 is 0 Å². The molecule has 86 valence electrons. The van der Waals surface area contributed by atoms with E-state index >= 15 is 0 Å². The Morgan fingerprint density at radius 2 is 2.00 bits per heavy atom. The van der Waals surface area contributed by atoms with E-state index in [0.29, 0.717) is 0 Å². The molecule has 0 amide bonds. The summed E-state index contributed by atoms with van der Waals surface area (Å²) in [4.78, 5) is 0.977. The summed E-state index contributed by atoms with van der Waals surface area (Å²) in [6, 6.07) is 10.5. The van der Waals surface area contributed by atoms with Crippen LogP contribution in [0, 0.1) is 11.3 Å². The Hall–Kier alpha value is -0.590. The van der Waals surface area contributed by atoms with Crippen LogP contribution in [0.15, 0.2) is 29.2 Å². The molecule has 0 N–H and O–H groups in total. The zero-order chi connectivity index (χ0) is 12.0. The first kappa shape index (κ1) is 13.5. The first-order chi connectivity index (χ1) is 7.59. The topological polar surface area (TPSA) is 23.8 Å². The highest BCUT2D eigenvalue weighted by atomic mass is 32.2. The van der Waals surface area contributed by atoms with Gasteiger partial charge in [-0.2, -0.15) is 5.26 Å². The number of hydrogen-bond acceptors (Lipinski definition) is 3. The minimum atomic E-state index is -0.256. The first-order valence-corrected chi connectivity index (χ1v) is 6.86. The number of benzene rings is 1. The van der Waals surface area contributed by atoms with Crippen molar-refractivity contribution in [2.75, 3.05) is 0 Å². The van der Waals surface area contributed by atoms with Crippen molar-refractivity contribution in [2.45, 2.75) is 42.1 Å². The van der Waals surface area contributed by atoms with Crippen LogP contribution in [0.1, 0.15) is 32.3 Å². The van der Waals surface area contributed by atoms with Gasteiger partial charge in [0.05, 0.1) is 10.8 Å². The van der Waals surface area contributed by atoms with E-state index in [2.05, 4.69) is 37.8 Å². The molecule has 0 aliphatic heterocycles. The van der Waals surface area contributed by atoms with Crippen molar-refractivity contribution in [2.24, 2.45) is 0 Å². The maximum absolute atomic E-state index is 9.16. The molecule has 0 spiro atoms. The van der Waals surface area contributed by atoms with Gasteiger partial charge in [0.15, 0.2) is 0 Å². The second-order valence-electron chi connectivity index (χ2n) is 4.05. The largest absolute Gasteiger partial charge is 0.197 e. The van der Waals surface area contributed by atoms with Crippen LogP contribution in [0.25, 0.3) is 0 Å². The molecule has 0 aliphatic carbocycles. The zero-order valence-corrected chi connectivity index (χ0v) is 11.4. The van der Waals surface area contributed by atoms with E-state index in [0.717, 1.165) is 23.5 Å². The third-order valence-electron chi connectivity index (χ3n) is 2.46. The molecule has 0 radical (unpaired) electrons. The summed E-state index contributed by atoms with van der Waals surface area (Å²) in [5, 5.41) is 9.16. The molecule has 1 rings (SSSR count). The van der Waals surface area contributed by atoms with Crippen molar-refractivity contribution in [1.82, 2.24) is 0 Å². The average molecular weight is 251 g/mol. The van der Waals surface area contributed by atoms with Gasteiger partial charge in [-0.15, -0.1) is 24.4 Å². The highest BCUT2D eigenvalue weighted by Crippen LogP contribution is 2.32. The van der Waals surface area contributed by atoms with Crippen molar-refractivity contribution < 1.29 is 0 Å². The lowest BCUT2D eigenvalue weighted by molar-refractivity contribution is 0.691. The Labute approximate surface area is 108 Å². The number of hydrogen-bond donors (Lipinski definition) is 1. The Kier molecular flexibility index (Phi) is 5.24. The molecular formula is C13H17NS2. The fraction of sp³-hybridized carbons (Fsp3) is 0.462. The predicted molar refractivity (Wildman–Crippen MR) is 73.9 cm³/mol. The van der Waals surface area contributed by atoms with Crippen LogP contribution in [-0.4, -0.2) is 4.75 Å². The highest BCUT2D eigenvalue weighted by molar-refractivity contribution is 8.00. The summed E-state index contributed by atoms with van der Waals surface area (Å²) in [5.41, 5.74) is 1.25. The maximum Gasteiger partial charge on any atom is 0.0998 e. The summed E-state index contributed by atoms with van der Waals surface area (Å²) in [5.74, 6) is 0.887. The normalized spacial score (nSPS) is 14.1. The number of thioether (sulfide) groups is 1. The molecule has 0 heterocycles. The second-order valence-corrected chi connectivity index (χ2v) is 6.04. The molecule has 16 heavy (non-hydrogen) atoms. The standard InChI is InChI=1S/C13H17NS2/c1-3-8-13(2,10-14)16-9-11-4-6-12(15)7-5-11/h4-7,15H,3,8-9H2,1-2H3. The van der Waals surface area contributed by atoms with Gasteiger partial charge in [-0.25, -0.2) is 0 Å². The molecule has 3 heteroatoms. The summed E-state index contributed by atoms with van der Waals surface area (Å²) >= 11 is 5.97. The van der Waals surface area contributed by atoms with Crippen LogP contribution in [0.5, 0.6) is 0 Å². The van der Waals surface area contributed by atoms with Gasteiger partial charge in [-0.05, 0) is 31.0 Å². The molecule has 1 atom stereocenters. The van der Waals surface area contributed by atoms with Gasteiger partial charge in [0.2, 0.25) is 0 Å². The smallest absolute Gasteiger partial charge is 0.0998 e. The highest BCUT2D eigenvalue weighted by Gasteiger charge is 2.22. The van der Waals surface area contributed by atoms with Crippen molar-refractivity contribution in [3.63, 3.8) is 0 Å². The van der Waals surface area contributed by atoms with Crippen LogP contribution in [0.2, 0.25) is 0 Å². The van der Waals surface area contributed by atoms with Crippen molar-refractivity contribution in [3.05, 3.63) is 29.8 Å². The Morgan fingerprint density at radius 1 is 1.38 bits per heavy atom. The summed E-state index contributed by atoms with van der Waals surface area (Å²) in [6.45, 7) is 4.14. The average Bonchev–Trinajstić information content (AvgIpc) is 2.29. The molecular weight excluding hydrogens is 234 g/mol. The lowest BCUT2D eigenvalue weighted by Gasteiger charge is -2.19. The monoisotopic (exact) mass is 251 g/mol. The lowest BCUT2D eigenvalue weighted by Crippen LogP contribution is -2.16. The maximum atomic E-state index is 9.16. The zero-order valence-electron chi connectivity index (χ0n) is 9.73. The van der Waals surface area contributed by atoms with Gasteiger partial charge in [0, 0.05) is 10.6 Å². The fourth-order valence-electron chi connectivity index (χ4n) is 1.47. The van der Waals surface area contributed by atoms with E-state index in [1.165, 1.54) is 5.56 Å². The molecule has 1 aromatic carbocycles. The molecule has 0 saturated heterocycles. The van der Waals surface area contributed by atoms with Gasteiger partial charge < -0.3 is 0 Å². The molecule has 0 saturated carbocycles. The van der Waals surface area contributed by atoms with Gasteiger partial charge >= 0.3 is 0 Å². The number of nitriles is 1. The fourth-order valence-corrected chi connectivity index (χ4v) is 2.71. The van der Waals surface area contributed by atoms with Crippen LogP contribution in [0.4, 0.5) is 0 Å². The van der Waals surface area contributed by atoms with Crippen LogP contribution in [0.3, 0.4) is 0 Å². The Morgan fingerprint density at radius 3 is 2.50 bits per heavy atom. The van der Waals surface area contributed by atoms with E-state index in [9.17, 15) is 0 Å². The van der Waals surface area contributed by atoms with Gasteiger partial charge in [0.1, 0.15) is 0 Å². The molecule has 0 aliphatic rings. The van der Waals surface area contributed by atoms with E-state index in [-0.39, 0.29) is 4.75 Å². The lowest BCUT2D eigenvalue weighted by atomic mass is 10.1. The van der Waals surface area contributed by atoms with Gasteiger partial charge in [-0.1, -0.05) is 25.5 Å². The van der Waals surface area contributed by atoms with Crippen molar-refractivity contribution in [3.8, 4) is 6.07 Å². The quantitative estimate of drug-likeness (QED) is 0.789. The third kappa shape index (κ3) is 4.11. The molecule has 0 fully saturated rings. The first-order valence-electron chi connectivity index (χ1n) is 5.43. The van der Waals surface area contributed by atoms with Crippen molar-refractivity contribution >= 4 is 24.4 Å². The molecule has 0 aromatic heterocycles. The second kappa shape index (κ2) is 6.22. The van der Waals surface area contributed by atoms with Crippen molar-refractivity contribution in [1.29, 1.82) is 5.26 Å². The number of rotatable bonds is 5. The Balaban J connectivity index is 2.56. The molecule has 0 bridgehead atoms. The molecule has 1 nitrogen and oxygen atoms in total. The van der Waals surface area contributed by atoms with Gasteiger partial charge in [-0.3, -0.25) is 0 Å².